The van der Waals surface area contributed by atoms with Gasteiger partial charge in [0.25, 0.3) is 0 Å². The standard InChI is InChI=1S/C13H22N4O4/c1-5-21-13(19)11-9(2)17(16-15-11)10(3)12(18)14-7-6-8-20-4/h10H,5-8H2,1-4H3,(H,14,18). The van der Waals surface area contributed by atoms with Crippen LogP contribution >= 0.6 is 0 Å². The lowest BCUT2D eigenvalue weighted by atomic mass is 10.2. The Balaban J connectivity index is 2.68. The van der Waals surface area contributed by atoms with Crippen LogP contribution in [-0.4, -0.2) is 53.7 Å². The Labute approximate surface area is 123 Å². The molecule has 118 valence electrons. The zero-order chi connectivity index (χ0) is 15.8. The van der Waals surface area contributed by atoms with E-state index in [1.54, 1.807) is 27.9 Å². The molecule has 1 heterocycles. The van der Waals surface area contributed by atoms with E-state index in [0.717, 1.165) is 6.42 Å². The van der Waals surface area contributed by atoms with Gasteiger partial charge < -0.3 is 14.8 Å². The summed E-state index contributed by atoms with van der Waals surface area (Å²) >= 11 is 0. The van der Waals surface area contributed by atoms with Crippen LogP contribution in [-0.2, 0) is 14.3 Å². The number of hydrogen-bond donors (Lipinski definition) is 1. The summed E-state index contributed by atoms with van der Waals surface area (Å²) in [6.07, 6.45) is 0.735. The van der Waals surface area contributed by atoms with Crippen molar-refractivity contribution < 1.29 is 19.1 Å². The number of ether oxygens (including phenoxy) is 2. The second-order valence-corrected chi connectivity index (χ2v) is 4.50. The first-order chi connectivity index (χ1) is 10.0. The van der Waals surface area contributed by atoms with Crippen molar-refractivity contribution in [3.8, 4) is 0 Å². The second kappa shape index (κ2) is 8.35. The minimum Gasteiger partial charge on any atom is -0.461 e. The second-order valence-electron chi connectivity index (χ2n) is 4.50. The molecule has 0 aliphatic carbocycles. The van der Waals surface area contributed by atoms with Crippen molar-refractivity contribution in [1.29, 1.82) is 0 Å². The normalized spacial score (nSPS) is 12.0. The SMILES string of the molecule is CCOC(=O)c1nnn(C(C)C(=O)NCCCOC)c1C. The maximum atomic E-state index is 12.0. The Morgan fingerprint density at radius 3 is 2.76 bits per heavy atom. The van der Waals surface area contributed by atoms with Crippen LogP contribution in [0, 0.1) is 6.92 Å². The van der Waals surface area contributed by atoms with E-state index in [1.807, 2.05) is 0 Å². The first-order valence-electron chi connectivity index (χ1n) is 6.88. The number of aromatic nitrogens is 3. The van der Waals surface area contributed by atoms with E-state index in [0.29, 0.717) is 18.8 Å². The summed E-state index contributed by atoms with van der Waals surface area (Å²) in [4.78, 5) is 23.7. The lowest BCUT2D eigenvalue weighted by molar-refractivity contribution is -0.124. The third kappa shape index (κ3) is 4.52. The summed E-state index contributed by atoms with van der Waals surface area (Å²) in [5.41, 5.74) is 0.642. The fraction of sp³-hybridized carbons (Fsp3) is 0.692. The Morgan fingerprint density at radius 1 is 1.43 bits per heavy atom. The lowest BCUT2D eigenvalue weighted by Gasteiger charge is -2.13. The Bertz CT molecular complexity index is 487. The van der Waals surface area contributed by atoms with Crippen molar-refractivity contribution in [1.82, 2.24) is 20.3 Å². The topological polar surface area (TPSA) is 95.3 Å². The summed E-state index contributed by atoms with van der Waals surface area (Å²) in [7, 11) is 1.61. The number of carbonyl (C=O) groups excluding carboxylic acids is 2. The van der Waals surface area contributed by atoms with Crippen molar-refractivity contribution in [3.63, 3.8) is 0 Å². The zero-order valence-corrected chi connectivity index (χ0v) is 12.9. The van der Waals surface area contributed by atoms with Crippen LogP contribution in [0.1, 0.15) is 42.5 Å². The van der Waals surface area contributed by atoms with Gasteiger partial charge in [0.2, 0.25) is 5.91 Å². The van der Waals surface area contributed by atoms with E-state index in [2.05, 4.69) is 15.6 Å². The molecule has 0 aliphatic heterocycles. The van der Waals surface area contributed by atoms with Gasteiger partial charge in [-0.25, -0.2) is 9.48 Å². The molecule has 1 amide bonds. The predicted octanol–water partition coefficient (Wildman–Crippen LogP) is 0.477. The van der Waals surface area contributed by atoms with Crippen LogP contribution in [0.2, 0.25) is 0 Å². The smallest absolute Gasteiger partial charge is 0.360 e. The average Bonchev–Trinajstić information content (AvgIpc) is 2.84. The molecule has 8 nitrogen and oxygen atoms in total. The van der Waals surface area contributed by atoms with Gasteiger partial charge in [0.15, 0.2) is 5.69 Å². The number of hydrogen-bond acceptors (Lipinski definition) is 6. The van der Waals surface area contributed by atoms with Gasteiger partial charge in [-0.15, -0.1) is 5.10 Å². The maximum Gasteiger partial charge on any atom is 0.360 e. The number of carbonyl (C=O) groups is 2. The molecule has 0 radical (unpaired) electrons. The number of nitrogens with zero attached hydrogens (tertiary/aromatic N) is 3. The summed E-state index contributed by atoms with van der Waals surface area (Å²) in [6.45, 7) is 6.47. The van der Waals surface area contributed by atoms with Crippen LogP contribution in [0.15, 0.2) is 0 Å². The lowest BCUT2D eigenvalue weighted by Crippen LogP contribution is -2.33. The van der Waals surface area contributed by atoms with E-state index in [1.165, 1.54) is 4.68 Å². The number of esters is 1. The number of nitrogens with one attached hydrogen (secondary N) is 1. The van der Waals surface area contributed by atoms with Gasteiger partial charge in [0.1, 0.15) is 6.04 Å². The van der Waals surface area contributed by atoms with Crippen LogP contribution in [0.4, 0.5) is 0 Å². The quantitative estimate of drug-likeness (QED) is 0.554. The molecule has 1 aromatic rings. The summed E-state index contributed by atoms with van der Waals surface area (Å²) < 4.78 is 11.2. The molecule has 0 bridgehead atoms. The molecule has 1 rings (SSSR count). The van der Waals surface area contributed by atoms with Crippen molar-refractivity contribution >= 4 is 11.9 Å². The van der Waals surface area contributed by atoms with Gasteiger partial charge in [-0.1, -0.05) is 5.21 Å². The molecular weight excluding hydrogens is 276 g/mol. The van der Waals surface area contributed by atoms with Crippen LogP contribution < -0.4 is 5.32 Å². The molecule has 21 heavy (non-hydrogen) atoms. The molecule has 0 aromatic carbocycles. The van der Waals surface area contributed by atoms with Crippen LogP contribution in [0.3, 0.4) is 0 Å². The number of rotatable bonds is 8. The van der Waals surface area contributed by atoms with Gasteiger partial charge in [0, 0.05) is 20.3 Å². The highest BCUT2D eigenvalue weighted by Gasteiger charge is 2.23. The van der Waals surface area contributed by atoms with E-state index in [9.17, 15) is 9.59 Å². The fourth-order valence-corrected chi connectivity index (χ4v) is 1.78. The molecule has 1 atom stereocenters. The maximum absolute atomic E-state index is 12.0. The van der Waals surface area contributed by atoms with E-state index in [-0.39, 0.29) is 18.2 Å². The molecule has 0 saturated heterocycles. The largest absolute Gasteiger partial charge is 0.461 e. The molecule has 8 heteroatoms. The number of amides is 1. The molecular formula is C13H22N4O4. The van der Waals surface area contributed by atoms with Gasteiger partial charge in [-0.05, 0) is 27.2 Å². The predicted molar refractivity (Wildman–Crippen MR) is 74.9 cm³/mol. The third-order valence-corrected chi connectivity index (χ3v) is 2.97. The minimum absolute atomic E-state index is 0.135. The summed E-state index contributed by atoms with van der Waals surface area (Å²) in [5.74, 6) is -0.719. The summed E-state index contributed by atoms with van der Waals surface area (Å²) in [6, 6.07) is -0.553. The fourth-order valence-electron chi connectivity index (χ4n) is 1.78. The molecule has 0 aliphatic rings. The summed E-state index contributed by atoms with van der Waals surface area (Å²) in [5, 5.41) is 10.4. The highest BCUT2D eigenvalue weighted by atomic mass is 16.5. The first-order valence-corrected chi connectivity index (χ1v) is 6.88. The van der Waals surface area contributed by atoms with Crippen LogP contribution in [0.5, 0.6) is 0 Å². The first kappa shape index (κ1) is 17.1. The van der Waals surface area contributed by atoms with Gasteiger partial charge in [-0.3, -0.25) is 4.79 Å². The van der Waals surface area contributed by atoms with Crippen molar-refractivity contribution in [2.24, 2.45) is 0 Å². The molecule has 1 unspecified atom stereocenters. The van der Waals surface area contributed by atoms with Gasteiger partial charge >= 0.3 is 5.97 Å². The van der Waals surface area contributed by atoms with Crippen molar-refractivity contribution in [3.05, 3.63) is 11.4 Å². The van der Waals surface area contributed by atoms with E-state index >= 15 is 0 Å². The zero-order valence-electron chi connectivity index (χ0n) is 12.9. The molecule has 1 aromatic heterocycles. The van der Waals surface area contributed by atoms with E-state index in [4.69, 9.17) is 9.47 Å². The van der Waals surface area contributed by atoms with E-state index < -0.39 is 12.0 Å². The molecule has 1 N–H and O–H groups in total. The Morgan fingerprint density at radius 2 is 2.14 bits per heavy atom. The van der Waals surface area contributed by atoms with Gasteiger partial charge in [0.05, 0.1) is 12.3 Å². The molecule has 0 spiro atoms. The van der Waals surface area contributed by atoms with Crippen molar-refractivity contribution in [2.45, 2.75) is 33.2 Å². The average molecular weight is 298 g/mol. The third-order valence-electron chi connectivity index (χ3n) is 2.97. The minimum atomic E-state index is -0.553. The van der Waals surface area contributed by atoms with Crippen molar-refractivity contribution in [2.75, 3.05) is 26.9 Å². The van der Waals surface area contributed by atoms with Crippen LogP contribution in [0.25, 0.3) is 0 Å². The molecule has 0 saturated carbocycles. The molecule has 0 fully saturated rings. The highest BCUT2D eigenvalue weighted by Crippen LogP contribution is 2.12. The van der Waals surface area contributed by atoms with Gasteiger partial charge in [-0.2, -0.15) is 0 Å². The highest BCUT2D eigenvalue weighted by molar-refractivity contribution is 5.88. The Hall–Kier alpha value is -1.96. The Kier molecular flexibility index (Phi) is 6.80. The number of methoxy groups -OCH3 is 1. The monoisotopic (exact) mass is 298 g/mol.